The van der Waals surface area contributed by atoms with Crippen molar-refractivity contribution in [2.24, 2.45) is 0 Å². The summed E-state index contributed by atoms with van der Waals surface area (Å²) in [5.41, 5.74) is 1.84. The largest absolute Gasteiger partial charge is 0.508 e. The Morgan fingerprint density at radius 3 is 2.47 bits per heavy atom. The molecular weight excluding hydrogens is 212 g/mol. The van der Waals surface area contributed by atoms with Crippen LogP contribution in [0.25, 0.3) is 6.08 Å². The summed E-state index contributed by atoms with van der Waals surface area (Å²) in [5, 5.41) is 18.9. The molecule has 86 valence electrons. The van der Waals surface area contributed by atoms with E-state index in [1.807, 2.05) is 42.5 Å². The minimum atomic E-state index is 0.172. The lowest BCUT2D eigenvalue weighted by Gasteiger charge is -2.01. The quantitative estimate of drug-likeness (QED) is 0.788. The third-order valence-electron chi connectivity index (χ3n) is 2.51. The van der Waals surface area contributed by atoms with E-state index in [0.717, 1.165) is 11.1 Å². The molecule has 0 spiro atoms. The van der Waals surface area contributed by atoms with E-state index in [1.54, 1.807) is 6.07 Å². The molecule has 0 saturated heterocycles. The predicted molar refractivity (Wildman–Crippen MR) is 69.0 cm³/mol. The fourth-order valence-corrected chi connectivity index (χ4v) is 1.62. The van der Waals surface area contributed by atoms with Crippen molar-refractivity contribution in [2.45, 2.75) is 6.42 Å². The summed E-state index contributed by atoms with van der Waals surface area (Å²) in [7, 11) is 0. The molecule has 0 aromatic heterocycles. The summed E-state index contributed by atoms with van der Waals surface area (Å²) < 4.78 is 0. The van der Waals surface area contributed by atoms with Gasteiger partial charge >= 0.3 is 0 Å². The number of rotatable bonds is 3. The van der Waals surface area contributed by atoms with Crippen LogP contribution in [-0.2, 0) is 6.42 Å². The van der Waals surface area contributed by atoms with E-state index >= 15 is 0 Å². The normalized spacial score (nSPS) is 10.8. The van der Waals surface area contributed by atoms with Gasteiger partial charge in [0.2, 0.25) is 0 Å². The Hall–Kier alpha value is -2.22. The maximum Gasteiger partial charge on any atom is 0.119 e. The fourth-order valence-electron chi connectivity index (χ4n) is 1.62. The Kier molecular flexibility index (Phi) is 3.46. The molecule has 2 aromatic carbocycles. The van der Waals surface area contributed by atoms with Crippen LogP contribution in [0.4, 0.5) is 0 Å². The number of allylic oxidation sites excluding steroid dienone is 1. The van der Waals surface area contributed by atoms with E-state index in [4.69, 9.17) is 0 Å². The second-order valence-corrected chi connectivity index (χ2v) is 3.83. The molecule has 0 atom stereocenters. The van der Waals surface area contributed by atoms with Gasteiger partial charge in [-0.3, -0.25) is 0 Å². The van der Waals surface area contributed by atoms with E-state index < -0.39 is 0 Å². The minimum Gasteiger partial charge on any atom is -0.508 e. The molecule has 0 bridgehead atoms. The molecule has 0 aliphatic heterocycles. The topological polar surface area (TPSA) is 40.5 Å². The second kappa shape index (κ2) is 5.21. The van der Waals surface area contributed by atoms with Crippen LogP contribution in [-0.4, -0.2) is 10.2 Å². The van der Waals surface area contributed by atoms with Crippen LogP contribution in [0.3, 0.4) is 0 Å². The number of phenols is 2. The Labute approximate surface area is 100 Å². The van der Waals surface area contributed by atoms with Crippen molar-refractivity contribution >= 4 is 6.08 Å². The van der Waals surface area contributed by atoms with Gasteiger partial charge in [0.05, 0.1) is 0 Å². The SMILES string of the molecule is Oc1ccc(O)c(C/C=C/c2ccccc2)c1. The zero-order valence-electron chi connectivity index (χ0n) is 9.38. The Balaban J connectivity index is 2.07. The molecule has 0 amide bonds. The lowest BCUT2D eigenvalue weighted by atomic mass is 10.1. The van der Waals surface area contributed by atoms with Crippen LogP contribution in [0.5, 0.6) is 11.5 Å². The molecule has 0 unspecified atom stereocenters. The first kappa shape index (κ1) is 11.3. The van der Waals surface area contributed by atoms with Gasteiger partial charge in [0, 0.05) is 5.56 Å². The summed E-state index contributed by atoms with van der Waals surface area (Å²) in [5.74, 6) is 0.381. The first-order valence-corrected chi connectivity index (χ1v) is 5.48. The smallest absolute Gasteiger partial charge is 0.119 e. The van der Waals surface area contributed by atoms with Crippen LogP contribution in [0, 0.1) is 0 Å². The number of aromatic hydroxyl groups is 2. The molecule has 0 heterocycles. The van der Waals surface area contributed by atoms with Crippen LogP contribution in [0.2, 0.25) is 0 Å². The van der Waals surface area contributed by atoms with Gasteiger partial charge in [0.15, 0.2) is 0 Å². The zero-order chi connectivity index (χ0) is 12.1. The van der Waals surface area contributed by atoms with Gasteiger partial charge in [-0.05, 0) is 30.2 Å². The molecule has 2 rings (SSSR count). The lowest BCUT2D eigenvalue weighted by Crippen LogP contribution is -1.82. The maximum atomic E-state index is 9.59. The van der Waals surface area contributed by atoms with Crippen LogP contribution < -0.4 is 0 Å². The van der Waals surface area contributed by atoms with Gasteiger partial charge < -0.3 is 10.2 Å². The molecular formula is C15H14O2. The van der Waals surface area contributed by atoms with Gasteiger partial charge in [-0.1, -0.05) is 42.5 Å². The lowest BCUT2D eigenvalue weighted by molar-refractivity contribution is 0.455. The molecule has 2 N–H and O–H groups in total. The van der Waals surface area contributed by atoms with E-state index in [0.29, 0.717) is 6.42 Å². The first-order chi connectivity index (χ1) is 8.25. The third kappa shape index (κ3) is 3.11. The molecule has 0 aliphatic carbocycles. The van der Waals surface area contributed by atoms with Gasteiger partial charge in [0.1, 0.15) is 11.5 Å². The highest BCUT2D eigenvalue weighted by molar-refractivity contribution is 5.50. The van der Waals surface area contributed by atoms with Crippen molar-refractivity contribution in [3.63, 3.8) is 0 Å². The number of benzene rings is 2. The van der Waals surface area contributed by atoms with Crippen molar-refractivity contribution in [2.75, 3.05) is 0 Å². The summed E-state index contributed by atoms with van der Waals surface area (Å²) in [6, 6.07) is 14.5. The molecule has 0 saturated carbocycles. The molecule has 0 fully saturated rings. The summed E-state index contributed by atoms with van der Waals surface area (Å²) in [6.07, 6.45) is 4.54. The average Bonchev–Trinajstić information content (AvgIpc) is 2.35. The molecule has 2 aromatic rings. The minimum absolute atomic E-state index is 0.172. The van der Waals surface area contributed by atoms with Gasteiger partial charge in [-0.2, -0.15) is 0 Å². The van der Waals surface area contributed by atoms with E-state index in [9.17, 15) is 10.2 Å². The standard InChI is InChI=1S/C15H14O2/c16-14-9-10-15(17)13(11-14)8-4-7-12-5-2-1-3-6-12/h1-7,9-11,16-17H,8H2/b7-4+. The molecule has 2 nitrogen and oxygen atoms in total. The van der Waals surface area contributed by atoms with Gasteiger partial charge in [-0.25, -0.2) is 0 Å². The number of phenolic OH excluding ortho intramolecular Hbond substituents is 2. The number of hydrogen-bond donors (Lipinski definition) is 2. The Bertz CT molecular complexity index is 516. The van der Waals surface area contributed by atoms with Crippen molar-refractivity contribution in [3.05, 3.63) is 65.7 Å². The van der Waals surface area contributed by atoms with E-state index in [-0.39, 0.29) is 11.5 Å². The first-order valence-electron chi connectivity index (χ1n) is 5.48. The predicted octanol–water partition coefficient (Wildman–Crippen LogP) is 3.35. The highest BCUT2D eigenvalue weighted by Gasteiger charge is 1.99. The second-order valence-electron chi connectivity index (χ2n) is 3.83. The molecule has 2 heteroatoms. The van der Waals surface area contributed by atoms with Crippen LogP contribution in [0.1, 0.15) is 11.1 Å². The summed E-state index contributed by atoms with van der Waals surface area (Å²) in [6.45, 7) is 0. The highest BCUT2D eigenvalue weighted by Crippen LogP contribution is 2.22. The Morgan fingerprint density at radius 2 is 1.71 bits per heavy atom. The summed E-state index contributed by atoms with van der Waals surface area (Å²) >= 11 is 0. The van der Waals surface area contributed by atoms with Crippen LogP contribution >= 0.6 is 0 Å². The van der Waals surface area contributed by atoms with Crippen LogP contribution in [0.15, 0.2) is 54.6 Å². The Morgan fingerprint density at radius 1 is 0.941 bits per heavy atom. The van der Waals surface area contributed by atoms with Crippen molar-refractivity contribution in [1.82, 2.24) is 0 Å². The van der Waals surface area contributed by atoms with Crippen molar-refractivity contribution in [1.29, 1.82) is 0 Å². The van der Waals surface area contributed by atoms with Crippen molar-refractivity contribution < 1.29 is 10.2 Å². The third-order valence-corrected chi connectivity index (χ3v) is 2.51. The number of hydrogen-bond acceptors (Lipinski definition) is 2. The maximum absolute atomic E-state index is 9.59. The summed E-state index contributed by atoms with van der Waals surface area (Å²) in [4.78, 5) is 0. The van der Waals surface area contributed by atoms with Gasteiger partial charge in [-0.15, -0.1) is 0 Å². The average molecular weight is 226 g/mol. The highest BCUT2D eigenvalue weighted by atomic mass is 16.3. The monoisotopic (exact) mass is 226 g/mol. The molecule has 0 radical (unpaired) electrons. The van der Waals surface area contributed by atoms with Crippen molar-refractivity contribution in [3.8, 4) is 11.5 Å². The van der Waals surface area contributed by atoms with E-state index in [2.05, 4.69) is 0 Å². The van der Waals surface area contributed by atoms with Gasteiger partial charge in [0.25, 0.3) is 0 Å². The fraction of sp³-hybridized carbons (Fsp3) is 0.0667. The molecule has 0 aliphatic rings. The van der Waals surface area contributed by atoms with E-state index in [1.165, 1.54) is 12.1 Å². The molecule has 17 heavy (non-hydrogen) atoms. The zero-order valence-corrected chi connectivity index (χ0v) is 9.38.